The van der Waals surface area contributed by atoms with E-state index in [0.29, 0.717) is 18.0 Å². The van der Waals surface area contributed by atoms with Crippen LogP contribution in [0.1, 0.15) is 31.4 Å². The Morgan fingerprint density at radius 1 is 1.38 bits per heavy atom. The summed E-state index contributed by atoms with van der Waals surface area (Å²) in [7, 11) is 0. The summed E-state index contributed by atoms with van der Waals surface area (Å²) in [6, 6.07) is 0. The number of aromatic amines is 1. The maximum absolute atomic E-state index is 11.9. The van der Waals surface area contributed by atoms with Crippen molar-refractivity contribution >= 4 is 40.8 Å². The Bertz CT molecular complexity index is 731. The van der Waals surface area contributed by atoms with Crippen molar-refractivity contribution in [2.75, 3.05) is 13.1 Å². The van der Waals surface area contributed by atoms with Crippen LogP contribution in [0.2, 0.25) is 0 Å². The molecule has 1 aromatic rings. The van der Waals surface area contributed by atoms with Crippen LogP contribution >= 0.6 is 12.2 Å². The van der Waals surface area contributed by atoms with Crippen LogP contribution < -0.4 is 16.3 Å². The zero-order valence-electron chi connectivity index (χ0n) is 11.8. The van der Waals surface area contributed by atoms with Crippen LogP contribution in [0.25, 0.3) is 17.8 Å². The predicted octanol–water partition coefficient (Wildman–Crippen LogP) is 0.0564. The lowest BCUT2D eigenvalue weighted by Gasteiger charge is -2.29. The molecule has 2 aliphatic rings. The summed E-state index contributed by atoms with van der Waals surface area (Å²) in [6.45, 7) is 1.32. The van der Waals surface area contributed by atoms with Crippen molar-refractivity contribution in [1.82, 2.24) is 15.1 Å². The van der Waals surface area contributed by atoms with E-state index in [2.05, 4.69) is 22.3 Å². The van der Waals surface area contributed by atoms with Crippen molar-refractivity contribution in [3.63, 3.8) is 0 Å². The Hall–Kier alpha value is -1.79. The van der Waals surface area contributed by atoms with Gasteiger partial charge in [-0.3, -0.25) is 9.89 Å². The highest BCUT2D eigenvalue weighted by Gasteiger charge is 2.26. The molecule has 0 saturated heterocycles. The number of H-pyrrole nitrogens is 1. The standard InChI is InChI=1S/C15H18N4OS/c16-6-3-7-19-13(8-10(20)9-14(19)21)15-11-4-1-2-5-12(11)17-18-15/h4-5,8,17H,1-3,6-7,9,16H2. The van der Waals surface area contributed by atoms with Crippen LogP contribution in [0.3, 0.4) is 0 Å². The van der Waals surface area contributed by atoms with Gasteiger partial charge >= 0.3 is 0 Å². The number of allylic oxidation sites excluding steroid dienone is 1. The maximum atomic E-state index is 11.9. The van der Waals surface area contributed by atoms with Crippen LogP contribution in [-0.4, -0.2) is 39.0 Å². The lowest BCUT2D eigenvalue weighted by molar-refractivity contribution is -0.113. The molecular weight excluding hydrogens is 284 g/mol. The maximum Gasteiger partial charge on any atom is 0.164 e. The van der Waals surface area contributed by atoms with Gasteiger partial charge in [0.1, 0.15) is 5.69 Å². The Labute approximate surface area is 128 Å². The van der Waals surface area contributed by atoms with Gasteiger partial charge in [0, 0.05) is 17.8 Å². The minimum atomic E-state index is 0.0375. The van der Waals surface area contributed by atoms with Gasteiger partial charge in [0.15, 0.2) is 5.78 Å². The van der Waals surface area contributed by atoms with Gasteiger partial charge in [-0.05, 0) is 25.8 Å². The zero-order chi connectivity index (χ0) is 14.8. The molecule has 0 saturated carbocycles. The highest BCUT2D eigenvalue weighted by atomic mass is 32.1. The Morgan fingerprint density at radius 3 is 3.00 bits per heavy atom. The normalized spacial score (nSPS) is 18.0. The average Bonchev–Trinajstić information content (AvgIpc) is 2.89. The summed E-state index contributed by atoms with van der Waals surface area (Å²) in [6.07, 6.45) is 9.10. The van der Waals surface area contributed by atoms with E-state index in [-0.39, 0.29) is 5.78 Å². The molecule has 0 amide bonds. The third-order valence-corrected chi connectivity index (χ3v) is 4.11. The number of ketones is 1. The van der Waals surface area contributed by atoms with Gasteiger partial charge in [-0.2, -0.15) is 5.10 Å². The number of hydrogen-bond acceptors (Lipinski definition) is 4. The number of fused-ring (bicyclic) bond motifs is 1. The quantitative estimate of drug-likeness (QED) is 0.769. The fourth-order valence-electron chi connectivity index (χ4n) is 2.73. The summed E-state index contributed by atoms with van der Waals surface area (Å²) >= 11 is 5.39. The van der Waals surface area contributed by atoms with Gasteiger partial charge in [0.2, 0.25) is 0 Å². The Kier molecular flexibility index (Phi) is 3.98. The van der Waals surface area contributed by atoms with E-state index in [1.165, 1.54) is 0 Å². The van der Waals surface area contributed by atoms with Crippen LogP contribution in [-0.2, 0) is 4.79 Å². The lowest BCUT2D eigenvalue weighted by atomic mass is 10.0. The topological polar surface area (TPSA) is 75.0 Å². The first-order valence-corrected chi connectivity index (χ1v) is 7.61. The Balaban J connectivity index is 2.07. The van der Waals surface area contributed by atoms with E-state index in [9.17, 15) is 4.79 Å². The van der Waals surface area contributed by atoms with Crippen molar-refractivity contribution < 1.29 is 4.79 Å². The largest absolute Gasteiger partial charge is 0.334 e. The molecule has 0 radical (unpaired) electrons. The number of carbonyl (C=O) groups is 1. The van der Waals surface area contributed by atoms with Gasteiger partial charge in [-0.25, -0.2) is 0 Å². The molecule has 1 aliphatic heterocycles. The van der Waals surface area contributed by atoms with Crippen LogP contribution in [0.5, 0.6) is 0 Å². The van der Waals surface area contributed by atoms with E-state index in [0.717, 1.165) is 47.8 Å². The van der Waals surface area contributed by atoms with Crippen molar-refractivity contribution in [2.45, 2.75) is 25.7 Å². The molecular formula is C15H18N4OS. The Morgan fingerprint density at radius 2 is 2.19 bits per heavy atom. The number of rotatable bonds is 4. The van der Waals surface area contributed by atoms with Crippen molar-refractivity contribution in [2.24, 2.45) is 5.73 Å². The third-order valence-electron chi connectivity index (χ3n) is 3.74. The third kappa shape index (κ3) is 2.69. The van der Waals surface area contributed by atoms with Gasteiger partial charge < -0.3 is 10.6 Å². The van der Waals surface area contributed by atoms with E-state index < -0.39 is 0 Å². The molecule has 0 atom stereocenters. The summed E-state index contributed by atoms with van der Waals surface area (Å²) in [5.74, 6) is 0.0375. The molecule has 2 heterocycles. The molecule has 3 rings (SSSR count). The highest BCUT2D eigenvalue weighted by molar-refractivity contribution is 7.80. The molecule has 0 aromatic carbocycles. The number of hydrogen-bond donors (Lipinski definition) is 2. The molecule has 5 nitrogen and oxygen atoms in total. The summed E-state index contributed by atoms with van der Waals surface area (Å²) in [5, 5.41) is 9.55. The average molecular weight is 302 g/mol. The van der Waals surface area contributed by atoms with E-state index in [1.807, 2.05) is 4.90 Å². The second-order valence-corrected chi connectivity index (χ2v) is 5.72. The highest BCUT2D eigenvalue weighted by Crippen LogP contribution is 2.22. The fourth-order valence-corrected chi connectivity index (χ4v) is 3.06. The molecule has 3 N–H and O–H groups in total. The molecule has 0 bridgehead atoms. The smallest absolute Gasteiger partial charge is 0.164 e. The zero-order valence-corrected chi connectivity index (χ0v) is 12.6. The molecule has 0 unspecified atom stereocenters. The second kappa shape index (κ2) is 5.91. The van der Waals surface area contributed by atoms with Gasteiger partial charge in [0.05, 0.1) is 22.5 Å². The summed E-state index contributed by atoms with van der Waals surface area (Å²) in [5.41, 5.74) is 7.22. The fraction of sp³-hybridized carbons (Fsp3) is 0.400. The molecule has 0 fully saturated rings. The number of nitrogens with two attached hydrogens (primary N) is 1. The van der Waals surface area contributed by atoms with Crippen LogP contribution in [0, 0.1) is 0 Å². The lowest BCUT2D eigenvalue weighted by Crippen LogP contribution is -2.37. The monoisotopic (exact) mass is 302 g/mol. The predicted molar refractivity (Wildman–Crippen MR) is 86.6 cm³/mol. The van der Waals surface area contributed by atoms with Crippen molar-refractivity contribution in [1.29, 1.82) is 0 Å². The van der Waals surface area contributed by atoms with E-state index in [4.69, 9.17) is 18.0 Å². The van der Waals surface area contributed by atoms with E-state index >= 15 is 0 Å². The summed E-state index contributed by atoms with van der Waals surface area (Å²) < 4.78 is 0. The first-order chi connectivity index (χ1) is 10.2. The minimum Gasteiger partial charge on any atom is -0.334 e. The molecule has 0 spiro atoms. The molecule has 1 aromatic heterocycles. The number of thiocarbonyl (C=S) groups is 1. The molecule has 110 valence electrons. The van der Waals surface area contributed by atoms with Crippen LogP contribution in [0.4, 0.5) is 0 Å². The SMILES string of the molecule is NCCCN1C(=S)CC(=O)C=C1c1n[nH]c2c1=CCCC=2. The molecule has 21 heavy (non-hydrogen) atoms. The van der Waals surface area contributed by atoms with Crippen LogP contribution in [0.15, 0.2) is 6.08 Å². The number of nitrogens with one attached hydrogen (secondary N) is 1. The van der Waals surface area contributed by atoms with Crippen molar-refractivity contribution in [3.05, 3.63) is 22.3 Å². The number of aromatic nitrogens is 2. The summed E-state index contributed by atoms with van der Waals surface area (Å²) in [4.78, 5) is 14.6. The second-order valence-electron chi connectivity index (χ2n) is 5.25. The van der Waals surface area contributed by atoms with Gasteiger partial charge in [-0.15, -0.1) is 0 Å². The van der Waals surface area contributed by atoms with Gasteiger partial charge in [0.25, 0.3) is 0 Å². The minimum absolute atomic E-state index is 0.0375. The number of nitrogens with zero attached hydrogens (tertiary/aromatic N) is 2. The van der Waals surface area contributed by atoms with E-state index in [1.54, 1.807) is 6.08 Å². The first kappa shape index (κ1) is 14.2. The molecule has 6 heteroatoms. The molecule has 1 aliphatic carbocycles. The number of carbonyl (C=O) groups excluding carboxylic acids is 1. The first-order valence-electron chi connectivity index (χ1n) is 7.21. The van der Waals surface area contributed by atoms with Crippen molar-refractivity contribution in [3.8, 4) is 0 Å². The van der Waals surface area contributed by atoms with Gasteiger partial charge in [-0.1, -0.05) is 24.4 Å².